The number of halogens is 1. The molecule has 1 aliphatic rings. The van der Waals surface area contributed by atoms with Crippen molar-refractivity contribution in [3.8, 4) is 0 Å². The first-order valence-electron chi connectivity index (χ1n) is 4.33. The van der Waals surface area contributed by atoms with E-state index in [1.165, 1.54) is 6.92 Å². The van der Waals surface area contributed by atoms with Crippen LogP contribution in [0.5, 0.6) is 0 Å². The number of benzene rings is 1. The van der Waals surface area contributed by atoms with Crippen molar-refractivity contribution in [3.63, 3.8) is 0 Å². The average Bonchev–Trinajstić information content (AvgIpc) is 2.38. The highest BCUT2D eigenvalue weighted by molar-refractivity contribution is 7.93. The van der Waals surface area contributed by atoms with Gasteiger partial charge in [0.2, 0.25) is 10.0 Å². The highest BCUT2D eigenvalue weighted by Gasteiger charge is 2.39. The molecule has 0 amide bonds. The molecular formula is C8H7FN2O4S. The van der Waals surface area contributed by atoms with E-state index in [9.17, 15) is 22.9 Å². The van der Waals surface area contributed by atoms with Gasteiger partial charge in [-0.2, -0.15) is 0 Å². The molecule has 1 atom stereocenters. The average molecular weight is 246 g/mol. The molecule has 86 valence electrons. The molecular weight excluding hydrogens is 239 g/mol. The molecule has 0 fully saturated rings. The van der Waals surface area contributed by atoms with E-state index >= 15 is 0 Å². The molecule has 16 heavy (non-hydrogen) atoms. The van der Waals surface area contributed by atoms with Crippen molar-refractivity contribution in [2.75, 3.05) is 4.72 Å². The zero-order valence-electron chi connectivity index (χ0n) is 8.10. The molecule has 2 rings (SSSR count). The fourth-order valence-corrected chi connectivity index (χ4v) is 2.84. The lowest BCUT2D eigenvalue weighted by molar-refractivity contribution is -0.384. The quantitative estimate of drug-likeness (QED) is 0.601. The van der Waals surface area contributed by atoms with Crippen molar-refractivity contribution in [1.29, 1.82) is 0 Å². The minimum Gasteiger partial charge on any atom is -0.276 e. The first-order chi connectivity index (χ1) is 7.34. The van der Waals surface area contributed by atoms with Crippen LogP contribution in [-0.4, -0.2) is 13.3 Å². The molecule has 1 aromatic rings. The Balaban J connectivity index is 2.77. The molecule has 0 aromatic heterocycles. The number of hydrogen-bond donors (Lipinski definition) is 1. The second-order valence-corrected chi connectivity index (χ2v) is 5.40. The number of nitro benzene ring substituents is 1. The van der Waals surface area contributed by atoms with Crippen LogP contribution in [0.2, 0.25) is 0 Å². The normalized spacial score (nSPS) is 21.2. The molecule has 1 N–H and O–H groups in total. The van der Waals surface area contributed by atoms with Gasteiger partial charge in [0.25, 0.3) is 5.69 Å². The minimum absolute atomic E-state index is 0.172. The second-order valence-electron chi connectivity index (χ2n) is 3.40. The number of nitro groups is 1. The second kappa shape index (κ2) is 3.14. The summed E-state index contributed by atoms with van der Waals surface area (Å²) in [4.78, 5) is 9.89. The summed E-state index contributed by atoms with van der Waals surface area (Å²) in [6.07, 6.45) is 0. The topological polar surface area (TPSA) is 89.3 Å². The van der Waals surface area contributed by atoms with E-state index in [2.05, 4.69) is 0 Å². The SMILES string of the molecule is CC1c2c(F)ccc([N+](=O)[O-])c2NS1(=O)=O. The van der Waals surface area contributed by atoms with Crippen molar-refractivity contribution in [2.45, 2.75) is 12.2 Å². The predicted octanol–water partition coefficient (Wildman–Crippen LogP) is 1.55. The van der Waals surface area contributed by atoms with E-state index in [0.29, 0.717) is 0 Å². The van der Waals surface area contributed by atoms with E-state index in [0.717, 1.165) is 12.1 Å². The van der Waals surface area contributed by atoms with Gasteiger partial charge in [-0.1, -0.05) is 0 Å². The van der Waals surface area contributed by atoms with E-state index in [-0.39, 0.29) is 11.3 Å². The van der Waals surface area contributed by atoms with Gasteiger partial charge < -0.3 is 0 Å². The maximum atomic E-state index is 13.4. The standard InChI is InChI=1S/C8H7FN2O4S/c1-4-7-5(9)2-3-6(11(12)13)8(7)10-16(4,14)15/h2-4,10H,1H3. The number of fused-ring (bicyclic) bond motifs is 1. The fraction of sp³-hybridized carbons (Fsp3) is 0.250. The van der Waals surface area contributed by atoms with Gasteiger partial charge in [-0.15, -0.1) is 0 Å². The maximum absolute atomic E-state index is 13.4. The molecule has 8 heteroatoms. The zero-order valence-corrected chi connectivity index (χ0v) is 8.91. The van der Waals surface area contributed by atoms with E-state index < -0.39 is 31.7 Å². The van der Waals surface area contributed by atoms with E-state index in [1.54, 1.807) is 0 Å². The van der Waals surface area contributed by atoms with Crippen LogP contribution in [-0.2, 0) is 10.0 Å². The predicted molar refractivity (Wildman–Crippen MR) is 54.0 cm³/mol. The van der Waals surface area contributed by atoms with Gasteiger partial charge in [-0.25, -0.2) is 12.8 Å². The Labute approximate surface area is 90.3 Å². The van der Waals surface area contributed by atoms with Crippen LogP contribution in [0.4, 0.5) is 15.8 Å². The molecule has 1 aliphatic heterocycles. The third-order valence-electron chi connectivity index (χ3n) is 2.48. The molecule has 0 spiro atoms. The first kappa shape index (κ1) is 10.8. The molecule has 6 nitrogen and oxygen atoms in total. The van der Waals surface area contributed by atoms with Gasteiger partial charge >= 0.3 is 0 Å². The Morgan fingerprint density at radius 3 is 2.69 bits per heavy atom. The Morgan fingerprint density at radius 2 is 2.12 bits per heavy atom. The smallest absolute Gasteiger partial charge is 0.276 e. The Hall–Kier alpha value is -1.70. The van der Waals surface area contributed by atoms with Gasteiger partial charge in [-0.3, -0.25) is 14.8 Å². The Bertz CT molecular complexity index is 584. The fourth-order valence-electron chi connectivity index (χ4n) is 1.63. The molecule has 0 saturated carbocycles. The number of hydrogen-bond acceptors (Lipinski definition) is 4. The largest absolute Gasteiger partial charge is 0.293 e. The van der Waals surface area contributed by atoms with Gasteiger partial charge in [0.1, 0.15) is 16.8 Å². The van der Waals surface area contributed by atoms with Crippen molar-refractivity contribution < 1.29 is 17.7 Å². The number of nitrogens with zero attached hydrogens (tertiary/aromatic N) is 1. The highest BCUT2D eigenvalue weighted by Crippen LogP contribution is 2.43. The van der Waals surface area contributed by atoms with Crippen molar-refractivity contribution in [2.24, 2.45) is 0 Å². The van der Waals surface area contributed by atoms with Gasteiger partial charge in [0.15, 0.2) is 0 Å². The van der Waals surface area contributed by atoms with Crippen molar-refractivity contribution in [1.82, 2.24) is 0 Å². The van der Waals surface area contributed by atoms with Gasteiger partial charge in [0.05, 0.1) is 4.92 Å². The zero-order chi connectivity index (χ0) is 12.1. The van der Waals surface area contributed by atoms with Crippen LogP contribution >= 0.6 is 0 Å². The lowest BCUT2D eigenvalue weighted by Crippen LogP contribution is -2.10. The van der Waals surface area contributed by atoms with Crippen LogP contribution in [0.15, 0.2) is 12.1 Å². The van der Waals surface area contributed by atoms with Gasteiger partial charge in [-0.05, 0) is 13.0 Å². The lowest BCUT2D eigenvalue weighted by atomic mass is 10.1. The van der Waals surface area contributed by atoms with E-state index in [4.69, 9.17) is 0 Å². The van der Waals surface area contributed by atoms with Crippen LogP contribution in [0, 0.1) is 15.9 Å². The minimum atomic E-state index is -3.76. The van der Waals surface area contributed by atoms with Crippen LogP contribution in [0.3, 0.4) is 0 Å². The number of anilines is 1. The molecule has 0 saturated heterocycles. The summed E-state index contributed by atoms with van der Waals surface area (Å²) in [6, 6.07) is 1.84. The number of sulfonamides is 1. The van der Waals surface area contributed by atoms with Crippen molar-refractivity contribution >= 4 is 21.4 Å². The van der Waals surface area contributed by atoms with Crippen LogP contribution < -0.4 is 4.72 Å². The summed E-state index contributed by atoms with van der Waals surface area (Å²) in [5.41, 5.74) is -0.879. The summed E-state index contributed by atoms with van der Waals surface area (Å²) < 4.78 is 38.3. The summed E-state index contributed by atoms with van der Waals surface area (Å²) in [5, 5.41) is 9.52. The Morgan fingerprint density at radius 1 is 1.50 bits per heavy atom. The molecule has 0 aliphatic carbocycles. The summed E-state index contributed by atoms with van der Waals surface area (Å²) >= 11 is 0. The number of rotatable bonds is 1. The van der Waals surface area contributed by atoms with Crippen LogP contribution in [0.1, 0.15) is 17.7 Å². The first-order valence-corrected chi connectivity index (χ1v) is 5.87. The summed E-state index contributed by atoms with van der Waals surface area (Å²) in [7, 11) is -3.76. The monoisotopic (exact) mass is 246 g/mol. The number of nitrogens with one attached hydrogen (secondary N) is 1. The molecule has 0 bridgehead atoms. The van der Waals surface area contributed by atoms with Crippen molar-refractivity contribution in [3.05, 3.63) is 33.6 Å². The molecule has 0 radical (unpaired) electrons. The summed E-state index contributed by atoms with van der Waals surface area (Å²) in [6.45, 7) is 1.28. The summed E-state index contributed by atoms with van der Waals surface area (Å²) in [5.74, 6) is -0.762. The van der Waals surface area contributed by atoms with E-state index in [1.807, 2.05) is 4.72 Å². The lowest BCUT2D eigenvalue weighted by Gasteiger charge is -2.02. The third-order valence-corrected chi connectivity index (χ3v) is 4.14. The highest BCUT2D eigenvalue weighted by atomic mass is 32.2. The molecule has 1 aromatic carbocycles. The Kier molecular flexibility index (Phi) is 2.12. The third kappa shape index (κ3) is 1.33. The van der Waals surface area contributed by atoms with Crippen LogP contribution in [0.25, 0.3) is 0 Å². The maximum Gasteiger partial charge on any atom is 0.293 e. The molecule has 1 heterocycles. The van der Waals surface area contributed by atoms with Gasteiger partial charge in [0, 0.05) is 11.6 Å². The molecule has 1 unspecified atom stereocenters.